The highest BCUT2D eigenvalue weighted by molar-refractivity contribution is 6.05. The van der Waals surface area contributed by atoms with E-state index in [4.69, 9.17) is 0 Å². The molecule has 2 amide bonds. The predicted octanol–water partition coefficient (Wildman–Crippen LogP) is 1.14. The maximum absolute atomic E-state index is 13.0. The van der Waals surface area contributed by atoms with E-state index in [0.29, 0.717) is 37.3 Å². The maximum Gasteiger partial charge on any atom is 0.276 e. The van der Waals surface area contributed by atoms with Gasteiger partial charge in [-0.3, -0.25) is 14.5 Å². The Kier molecular flexibility index (Phi) is 5.16. The Bertz CT molecular complexity index is 701. The van der Waals surface area contributed by atoms with Crippen LogP contribution in [0.1, 0.15) is 66.9 Å². The molecule has 0 radical (unpaired) electrons. The van der Waals surface area contributed by atoms with Gasteiger partial charge in [0.05, 0.1) is 12.6 Å². The fourth-order valence-electron chi connectivity index (χ4n) is 4.54. The second-order valence-electron chi connectivity index (χ2n) is 8.41. The first-order valence-corrected chi connectivity index (χ1v) is 10.3. The number of carbonyl (C=O) groups is 2. The monoisotopic (exact) mass is 374 g/mol. The number of fused-ring (bicyclic) bond motifs is 1. The molecule has 1 atom stereocenters. The molecule has 1 saturated heterocycles. The van der Waals surface area contributed by atoms with Crippen molar-refractivity contribution in [3.63, 3.8) is 0 Å². The summed E-state index contributed by atoms with van der Waals surface area (Å²) in [5, 5.41) is 11.2. The van der Waals surface area contributed by atoms with Crippen LogP contribution in [0.2, 0.25) is 0 Å². The number of rotatable bonds is 3. The number of hydrogen-bond acceptors (Lipinski definition) is 5. The van der Waals surface area contributed by atoms with Gasteiger partial charge < -0.3 is 10.2 Å². The van der Waals surface area contributed by atoms with Crippen molar-refractivity contribution in [1.29, 1.82) is 0 Å². The first-order valence-electron chi connectivity index (χ1n) is 10.3. The van der Waals surface area contributed by atoms with E-state index in [2.05, 4.69) is 34.4 Å². The van der Waals surface area contributed by atoms with Crippen molar-refractivity contribution in [2.24, 2.45) is 5.92 Å². The van der Waals surface area contributed by atoms with Gasteiger partial charge in [-0.25, -0.2) is 4.68 Å². The van der Waals surface area contributed by atoms with E-state index in [1.54, 1.807) is 4.68 Å². The average Bonchev–Trinajstić information content (AvgIpc) is 3.13. The molecule has 3 aliphatic rings. The number of nitrogens with zero attached hydrogens (tertiary/aromatic N) is 5. The molecule has 8 heteroatoms. The molecule has 0 spiro atoms. The van der Waals surface area contributed by atoms with Crippen LogP contribution >= 0.6 is 0 Å². The van der Waals surface area contributed by atoms with Gasteiger partial charge in [0.2, 0.25) is 0 Å². The van der Waals surface area contributed by atoms with Gasteiger partial charge in [-0.15, -0.1) is 5.10 Å². The summed E-state index contributed by atoms with van der Waals surface area (Å²) >= 11 is 0. The van der Waals surface area contributed by atoms with Crippen molar-refractivity contribution in [2.45, 2.75) is 64.6 Å². The van der Waals surface area contributed by atoms with E-state index in [0.717, 1.165) is 13.1 Å². The second-order valence-corrected chi connectivity index (χ2v) is 8.41. The lowest BCUT2D eigenvalue weighted by Gasteiger charge is -2.40. The summed E-state index contributed by atoms with van der Waals surface area (Å²) in [7, 11) is 0. The smallest absolute Gasteiger partial charge is 0.276 e. The summed E-state index contributed by atoms with van der Waals surface area (Å²) in [4.78, 5) is 29.9. The van der Waals surface area contributed by atoms with Crippen molar-refractivity contribution in [3.8, 4) is 0 Å². The molecule has 0 aromatic carbocycles. The van der Waals surface area contributed by atoms with Crippen LogP contribution in [0.5, 0.6) is 0 Å². The molecule has 3 heterocycles. The minimum absolute atomic E-state index is 0.0219. The quantitative estimate of drug-likeness (QED) is 0.858. The van der Waals surface area contributed by atoms with Crippen molar-refractivity contribution in [3.05, 3.63) is 11.4 Å². The van der Waals surface area contributed by atoms with Crippen LogP contribution in [0, 0.1) is 5.92 Å². The van der Waals surface area contributed by atoms with Crippen LogP contribution in [0.3, 0.4) is 0 Å². The standard InChI is InChI=1S/C19H30N6O2/c1-13(2)15-12-25-17(18(26)20-15)16(21-22-25)19(27)24-10-8-23(9-11-24)14-6-4-3-5-7-14/h13-15H,3-12H2,1-2H3,(H,20,26)/t15-/m1/s1. The summed E-state index contributed by atoms with van der Waals surface area (Å²) in [6.45, 7) is 7.88. The minimum Gasteiger partial charge on any atom is -0.346 e. The lowest BCUT2D eigenvalue weighted by atomic mass is 9.94. The predicted molar refractivity (Wildman–Crippen MR) is 100 cm³/mol. The van der Waals surface area contributed by atoms with Crippen molar-refractivity contribution in [1.82, 2.24) is 30.1 Å². The van der Waals surface area contributed by atoms with Crippen molar-refractivity contribution < 1.29 is 9.59 Å². The highest BCUT2D eigenvalue weighted by Crippen LogP contribution is 2.24. The minimum atomic E-state index is -0.242. The first-order chi connectivity index (χ1) is 13.0. The summed E-state index contributed by atoms with van der Waals surface area (Å²) in [6.07, 6.45) is 6.56. The van der Waals surface area contributed by atoms with Crippen molar-refractivity contribution >= 4 is 11.8 Å². The summed E-state index contributed by atoms with van der Waals surface area (Å²) in [5.41, 5.74) is 0.507. The highest BCUT2D eigenvalue weighted by atomic mass is 16.2. The van der Waals surface area contributed by atoms with Gasteiger partial charge in [0.25, 0.3) is 11.8 Å². The van der Waals surface area contributed by atoms with Crippen LogP contribution in [0.25, 0.3) is 0 Å². The molecule has 0 bridgehead atoms. The van der Waals surface area contributed by atoms with Gasteiger partial charge in [-0.2, -0.15) is 0 Å². The SMILES string of the molecule is CC(C)[C@H]1Cn2nnc(C(=O)N3CCN(C4CCCCC4)CC3)c2C(=O)N1. The maximum atomic E-state index is 13.0. The topological polar surface area (TPSA) is 83.4 Å². The van der Waals surface area contributed by atoms with Gasteiger partial charge in [0, 0.05) is 32.2 Å². The third-order valence-corrected chi connectivity index (χ3v) is 6.34. The van der Waals surface area contributed by atoms with E-state index in [-0.39, 0.29) is 23.6 Å². The van der Waals surface area contributed by atoms with E-state index in [1.165, 1.54) is 32.1 Å². The fraction of sp³-hybridized carbons (Fsp3) is 0.789. The molecule has 2 aliphatic heterocycles. The first kappa shape index (κ1) is 18.4. The number of aromatic nitrogens is 3. The number of amides is 2. The molecule has 8 nitrogen and oxygen atoms in total. The van der Waals surface area contributed by atoms with Gasteiger partial charge >= 0.3 is 0 Å². The molecule has 4 rings (SSSR count). The highest BCUT2D eigenvalue weighted by Gasteiger charge is 2.35. The molecule has 1 saturated carbocycles. The van der Waals surface area contributed by atoms with Gasteiger partial charge in [0.15, 0.2) is 11.4 Å². The zero-order chi connectivity index (χ0) is 19.0. The van der Waals surface area contributed by atoms with E-state index in [1.807, 2.05) is 4.90 Å². The molecule has 1 aromatic rings. The van der Waals surface area contributed by atoms with Gasteiger partial charge in [-0.1, -0.05) is 38.3 Å². The molecule has 1 N–H and O–H groups in total. The molecule has 1 aromatic heterocycles. The zero-order valence-electron chi connectivity index (χ0n) is 16.4. The Labute approximate surface area is 160 Å². The van der Waals surface area contributed by atoms with E-state index < -0.39 is 0 Å². The zero-order valence-corrected chi connectivity index (χ0v) is 16.4. The van der Waals surface area contributed by atoms with Gasteiger partial charge in [0.1, 0.15) is 0 Å². The number of carbonyl (C=O) groups excluding carboxylic acids is 2. The molecule has 2 fully saturated rings. The second kappa shape index (κ2) is 7.58. The van der Waals surface area contributed by atoms with Crippen LogP contribution in [0.15, 0.2) is 0 Å². The normalized spacial score (nSPS) is 24.8. The number of nitrogens with one attached hydrogen (secondary N) is 1. The Morgan fingerprint density at radius 1 is 1.11 bits per heavy atom. The summed E-state index contributed by atoms with van der Waals surface area (Å²) in [6, 6.07) is 0.700. The molecule has 148 valence electrons. The van der Waals surface area contributed by atoms with Crippen molar-refractivity contribution in [2.75, 3.05) is 26.2 Å². The largest absolute Gasteiger partial charge is 0.346 e. The molecule has 27 heavy (non-hydrogen) atoms. The summed E-state index contributed by atoms with van der Waals surface area (Å²) in [5.74, 6) is -0.106. The number of hydrogen-bond donors (Lipinski definition) is 1. The molecule has 0 unspecified atom stereocenters. The van der Waals surface area contributed by atoms with E-state index in [9.17, 15) is 9.59 Å². The van der Waals surface area contributed by atoms with Crippen LogP contribution < -0.4 is 5.32 Å². The molecular weight excluding hydrogens is 344 g/mol. The Balaban J connectivity index is 1.42. The third-order valence-electron chi connectivity index (χ3n) is 6.34. The van der Waals surface area contributed by atoms with Crippen LogP contribution in [-0.2, 0) is 6.54 Å². The summed E-state index contributed by atoms with van der Waals surface area (Å²) < 4.78 is 1.59. The Morgan fingerprint density at radius 2 is 1.81 bits per heavy atom. The number of piperazine rings is 1. The molecule has 1 aliphatic carbocycles. The van der Waals surface area contributed by atoms with Crippen LogP contribution in [0.4, 0.5) is 0 Å². The third kappa shape index (κ3) is 3.59. The Hall–Kier alpha value is -1.96. The average molecular weight is 374 g/mol. The van der Waals surface area contributed by atoms with Crippen LogP contribution in [-0.4, -0.2) is 74.9 Å². The lowest BCUT2D eigenvalue weighted by Crippen LogP contribution is -2.53. The van der Waals surface area contributed by atoms with E-state index >= 15 is 0 Å². The Morgan fingerprint density at radius 3 is 2.48 bits per heavy atom. The van der Waals surface area contributed by atoms with Gasteiger partial charge in [-0.05, 0) is 18.8 Å². The molecular formula is C19H30N6O2. The lowest BCUT2D eigenvalue weighted by molar-refractivity contribution is 0.0515. The fourth-order valence-corrected chi connectivity index (χ4v) is 4.54.